The Bertz CT molecular complexity index is 1280. The molecule has 36 heavy (non-hydrogen) atoms. The van der Waals surface area contributed by atoms with Gasteiger partial charge in [-0.3, -0.25) is 14.6 Å². The fraction of sp³-hybridized carbons (Fsp3) is 0.393. The summed E-state index contributed by atoms with van der Waals surface area (Å²) >= 11 is 0. The zero-order valence-electron chi connectivity index (χ0n) is 20.8. The molecular formula is C28H33N5O3. The third-order valence-corrected chi connectivity index (χ3v) is 7.16. The van der Waals surface area contributed by atoms with E-state index in [4.69, 9.17) is 10.5 Å². The standard InChI is InChI=1S/C28H33N5O3/c1-30-26-22-13-21(25(36-2)14-24(22)31-15-23(26)28(35)33-20-11-12-20)16-3-5-17(6-4-16)27(34)32-19-9-7-18(29)8-10-19/h3-6,13-15,18-20H,7-12,29H2,1-2H3,(H,30,31)(H,32,34)(H,33,35). The number of hydrogen-bond acceptors (Lipinski definition) is 6. The average Bonchev–Trinajstić information content (AvgIpc) is 3.72. The van der Waals surface area contributed by atoms with Crippen molar-refractivity contribution in [1.29, 1.82) is 0 Å². The highest BCUT2D eigenvalue weighted by atomic mass is 16.5. The molecule has 0 saturated heterocycles. The number of hydrogen-bond donors (Lipinski definition) is 4. The van der Waals surface area contributed by atoms with Gasteiger partial charge in [0.25, 0.3) is 11.8 Å². The van der Waals surface area contributed by atoms with Crippen LogP contribution in [-0.4, -0.2) is 49.1 Å². The molecule has 0 unspecified atom stereocenters. The van der Waals surface area contributed by atoms with Crippen molar-refractivity contribution in [2.75, 3.05) is 19.5 Å². The van der Waals surface area contributed by atoms with Crippen LogP contribution < -0.4 is 26.4 Å². The number of rotatable bonds is 7. The van der Waals surface area contributed by atoms with Gasteiger partial charge in [0.2, 0.25) is 0 Å². The number of nitrogens with zero attached hydrogens (tertiary/aromatic N) is 1. The molecule has 0 radical (unpaired) electrons. The molecule has 2 saturated carbocycles. The Morgan fingerprint density at radius 3 is 2.19 bits per heavy atom. The summed E-state index contributed by atoms with van der Waals surface area (Å²) in [5.74, 6) is 0.479. The second kappa shape index (κ2) is 10.1. The van der Waals surface area contributed by atoms with Crippen molar-refractivity contribution in [2.45, 2.75) is 56.7 Å². The lowest BCUT2D eigenvalue weighted by molar-refractivity contribution is 0.0923. The number of ether oxygens (including phenoxy) is 1. The van der Waals surface area contributed by atoms with Crippen LogP contribution in [0.5, 0.6) is 5.75 Å². The molecule has 0 atom stereocenters. The van der Waals surface area contributed by atoms with E-state index in [1.165, 1.54) is 0 Å². The first-order chi connectivity index (χ1) is 17.5. The number of nitrogens with two attached hydrogens (primary N) is 1. The molecule has 0 bridgehead atoms. The Morgan fingerprint density at radius 2 is 1.58 bits per heavy atom. The maximum atomic E-state index is 12.8. The van der Waals surface area contributed by atoms with Gasteiger partial charge >= 0.3 is 0 Å². The number of pyridine rings is 1. The first-order valence-corrected chi connectivity index (χ1v) is 12.6. The molecule has 8 heteroatoms. The van der Waals surface area contributed by atoms with Crippen LogP contribution in [0.4, 0.5) is 5.69 Å². The molecule has 0 spiro atoms. The van der Waals surface area contributed by atoms with E-state index in [9.17, 15) is 9.59 Å². The highest BCUT2D eigenvalue weighted by Crippen LogP contribution is 2.37. The van der Waals surface area contributed by atoms with Crippen LogP contribution in [0.15, 0.2) is 42.6 Å². The number of methoxy groups -OCH3 is 1. The van der Waals surface area contributed by atoms with Crippen molar-refractivity contribution in [3.8, 4) is 16.9 Å². The van der Waals surface area contributed by atoms with E-state index in [1.54, 1.807) is 20.4 Å². The maximum absolute atomic E-state index is 12.8. The Labute approximate surface area is 211 Å². The number of amides is 2. The number of carbonyl (C=O) groups is 2. The molecule has 5 N–H and O–H groups in total. The summed E-state index contributed by atoms with van der Waals surface area (Å²) in [6.45, 7) is 0. The van der Waals surface area contributed by atoms with Crippen LogP contribution in [0.3, 0.4) is 0 Å². The molecule has 8 nitrogen and oxygen atoms in total. The van der Waals surface area contributed by atoms with Crippen molar-refractivity contribution in [3.05, 3.63) is 53.7 Å². The monoisotopic (exact) mass is 487 g/mol. The van der Waals surface area contributed by atoms with Gasteiger partial charge in [0, 0.05) is 53.9 Å². The Balaban J connectivity index is 1.43. The summed E-state index contributed by atoms with van der Waals surface area (Å²) < 4.78 is 5.68. The van der Waals surface area contributed by atoms with Crippen LogP contribution in [0.2, 0.25) is 0 Å². The number of fused-ring (bicyclic) bond motifs is 1. The lowest BCUT2D eigenvalue weighted by Gasteiger charge is -2.26. The Morgan fingerprint density at radius 1 is 0.944 bits per heavy atom. The summed E-state index contributed by atoms with van der Waals surface area (Å²) in [5, 5.41) is 10.2. The van der Waals surface area contributed by atoms with Crippen molar-refractivity contribution in [3.63, 3.8) is 0 Å². The van der Waals surface area contributed by atoms with Crippen LogP contribution in [-0.2, 0) is 0 Å². The minimum atomic E-state index is -0.121. The maximum Gasteiger partial charge on any atom is 0.255 e. The predicted molar refractivity (Wildman–Crippen MR) is 141 cm³/mol. The minimum Gasteiger partial charge on any atom is -0.496 e. The van der Waals surface area contributed by atoms with E-state index in [-0.39, 0.29) is 29.9 Å². The topological polar surface area (TPSA) is 118 Å². The molecule has 1 heterocycles. The molecular weight excluding hydrogens is 454 g/mol. The molecule has 5 rings (SSSR count). The SMILES string of the molecule is CNc1c(C(=O)NC2CC2)cnc2cc(OC)c(-c3ccc(C(=O)NC4CCC(N)CC4)cc3)cc12. The zero-order valence-corrected chi connectivity index (χ0v) is 20.8. The van der Waals surface area contributed by atoms with Crippen LogP contribution in [0.25, 0.3) is 22.0 Å². The minimum absolute atomic E-state index is 0.0690. The van der Waals surface area contributed by atoms with Gasteiger partial charge in [0.15, 0.2) is 0 Å². The summed E-state index contributed by atoms with van der Waals surface area (Å²) in [6.07, 6.45) is 7.37. The fourth-order valence-electron chi connectivity index (χ4n) is 4.88. The van der Waals surface area contributed by atoms with Gasteiger partial charge in [-0.25, -0.2) is 0 Å². The summed E-state index contributed by atoms with van der Waals surface area (Å²) in [5.41, 5.74) is 10.3. The smallest absolute Gasteiger partial charge is 0.255 e. The van der Waals surface area contributed by atoms with Crippen LogP contribution in [0.1, 0.15) is 59.2 Å². The van der Waals surface area contributed by atoms with Crippen molar-refractivity contribution in [1.82, 2.24) is 15.6 Å². The van der Waals surface area contributed by atoms with Gasteiger partial charge < -0.3 is 26.4 Å². The highest BCUT2D eigenvalue weighted by Gasteiger charge is 2.26. The number of aromatic nitrogens is 1. The molecule has 2 fully saturated rings. The van der Waals surface area contributed by atoms with E-state index >= 15 is 0 Å². The highest BCUT2D eigenvalue weighted by molar-refractivity contribution is 6.08. The average molecular weight is 488 g/mol. The van der Waals surface area contributed by atoms with Crippen LogP contribution in [0, 0.1) is 0 Å². The number of anilines is 1. The summed E-state index contributed by atoms with van der Waals surface area (Å²) in [7, 11) is 3.43. The van der Waals surface area contributed by atoms with Crippen molar-refractivity contribution < 1.29 is 14.3 Å². The van der Waals surface area contributed by atoms with Gasteiger partial charge in [0.05, 0.1) is 23.9 Å². The van der Waals surface area contributed by atoms with Crippen molar-refractivity contribution in [2.24, 2.45) is 5.73 Å². The van der Waals surface area contributed by atoms with E-state index < -0.39 is 0 Å². The molecule has 3 aromatic rings. The van der Waals surface area contributed by atoms with Crippen molar-refractivity contribution >= 4 is 28.4 Å². The largest absolute Gasteiger partial charge is 0.496 e. The lowest BCUT2D eigenvalue weighted by atomic mass is 9.91. The molecule has 0 aliphatic heterocycles. The zero-order chi connectivity index (χ0) is 25.2. The first kappa shape index (κ1) is 24.1. The summed E-state index contributed by atoms with van der Waals surface area (Å²) in [6, 6.07) is 12.1. The van der Waals surface area contributed by atoms with Gasteiger partial charge in [-0.15, -0.1) is 0 Å². The first-order valence-electron chi connectivity index (χ1n) is 12.6. The fourth-order valence-corrected chi connectivity index (χ4v) is 4.88. The number of carbonyl (C=O) groups excluding carboxylic acids is 2. The summed E-state index contributed by atoms with van der Waals surface area (Å²) in [4.78, 5) is 30.1. The van der Waals surface area contributed by atoms with E-state index in [0.717, 1.165) is 66.2 Å². The molecule has 2 amide bonds. The normalized spacial score (nSPS) is 19.5. The number of nitrogens with one attached hydrogen (secondary N) is 3. The van der Waals surface area contributed by atoms with Crippen LogP contribution >= 0.6 is 0 Å². The Hall–Kier alpha value is -3.65. The number of benzene rings is 2. The predicted octanol–water partition coefficient (Wildman–Crippen LogP) is 3.84. The third kappa shape index (κ3) is 4.99. The Kier molecular flexibility index (Phi) is 6.78. The molecule has 1 aromatic heterocycles. The molecule has 2 aliphatic carbocycles. The van der Waals surface area contributed by atoms with Gasteiger partial charge in [-0.2, -0.15) is 0 Å². The molecule has 188 valence electrons. The van der Waals surface area contributed by atoms with Gasteiger partial charge in [-0.05, 0) is 62.3 Å². The second-order valence-corrected chi connectivity index (χ2v) is 9.78. The van der Waals surface area contributed by atoms with E-state index in [1.807, 2.05) is 36.4 Å². The van der Waals surface area contributed by atoms with E-state index in [0.29, 0.717) is 16.9 Å². The molecule has 2 aromatic carbocycles. The van der Waals surface area contributed by atoms with Gasteiger partial charge in [0.1, 0.15) is 5.75 Å². The molecule has 2 aliphatic rings. The lowest BCUT2D eigenvalue weighted by Crippen LogP contribution is -2.40. The van der Waals surface area contributed by atoms with Gasteiger partial charge in [-0.1, -0.05) is 12.1 Å². The quantitative estimate of drug-likeness (QED) is 0.402. The third-order valence-electron chi connectivity index (χ3n) is 7.16. The van der Waals surface area contributed by atoms with E-state index in [2.05, 4.69) is 20.9 Å². The second-order valence-electron chi connectivity index (χ2n) is 9.78.